The average molecular weight is 744 g/mol. The third kappa shape index (κ3) is 39.8. The van der Waals surface area contributed by atoms with Gasteiger partial charge in [-0.1, -0.05) is 197 Å². The van der Waals surface area contributed by atoms with Gasteiger partial charge in [0, 0.05) is 0 Å². The Kier molecular flexibility index (Phi) is 41.7. The summed E-state index contributed by atoms with van der Waals surface area (Å²) >= 11 is 0. The summed E-state index contributed by atoms with van der Waals surface area (Å²) in [4.78, 5) is 12.4. The molecule has 0 aromatic rings. The van der Waals surface area contributed by atoms with Crippen molar-refractivity contribution in [2.45, 2.75) is 244 Å². The maximum absolute atomic E-state index is 12.4. The Morgan fingerprint density at radius 3 is 1.21 bits per heavy atom. The lowest BCUT2D eigenvalue weighted by atomic mass is 10.0. The number of carbonyl (C=O) groups excluding carboxylic acids is 1. The van der Waals surface area contributed by atoms with Gasteiger partial charge in [-0.15, -0.1) is 0 Å². The van der Waals surface area contributed by atoms with E-state index in [4.69, 9.17) is 0 Å². The molecule has 0 rings (SSSR count). The first-order valence-corrected chi connectivity index (χ1v) is 22.9. The lowest BCUT2D eigenvalue weighted by Crippen LogP contribution is -2.45. The molecule has 0 saturated heterocycles. The molecular formula is C48H89NO4. The fourth-order valence-corrected chi connectivity index (χ4v) is 6.78. The van der Waals surface area contributed by atoms with Crippen LogP contribution in [0, 0.1) is 0 Å². The molecule has 0 aliphatic rings. The van der Waals surface area contributed by atoms with Crippen LogP contribution in [0.2, 0.25) is 0 Å². The lowest BCUT2D eigenvalue weighted by molar-refractivity contribution is -0.124. The Hall–Kier alpha value is -1.69. The minimum Gasteiger partial charge on any atom is -0.394 e. The standard InChI is InChI=1S/C48H89NO4/c1-3-5-7-9-11-13-15-17-19-21-22-23-24-25-26-28-30-32-34-36-38-40-42-47(52)46(44-50)49-48(53)43-45(51)41-39-37-35-33-31-29-27-20-18-16-14-12-10-8-6-4-2/h25-26,29,31-32,34,40,42,45-47,50-52H,3-24,27-28,30,33,35-39,41,43-44H2,1-2H3,(H,49,53)/b26-25+,31-29-,34-32+,42-40+. The number of hydrogen-bond donors (Lipinski definition) is 4. The molecule has 5 heteroatoms. The highest BCUT2D eigenvalue weighted by Gasteiger charge is 2.20. The zero-order valence-electron chi connectivity index (χ0n) is 35.1. The van der Waals surface area contributed by atoms with Gasteiger partial charge in [-0.05, 0) is 70.6 Å². The van der Waals surface area contributed by atoms with Crippen molar-refractivity contribution in [1.29, 1.82) is 0 Å². The first-order valence-electron chi connectivity index (χ1n) is 22.9. The summed E-state index contributed by atoms with van der Waals surface area (Å²) in [5, 5.41) is 33.2. The molecule has 0 aromatic carbocycles. The van der Waals surface area contributed by atoms with Crippen molar-refractivity contribution in [2.24, 2.45) is 0 Å². The van der Waals surface area contributed by atoms with Crippen molar-refractivity contribution in [2.75, 3.05) is 6.61 Å². The second kappa shape index (κ2) is 43.0. The number of amides is 1. The van der Waals surface area contributed by atoms with Gasteiger partial charge in [0.1, 0.15) is 0 Å². The van der Waals surface area contributed by atoms with E-state index in [1.54, 1.807) is 6.08 Å². The Morgan fingerprint density at radius 2 is 0.811 bits per heavy atom. The monoisotopic (exact) mass is 744 g/mol. The molecule has 53 heavy (non-hydrogen) atoms. The largest absolute Gasteiger partial charge is 0.394 e. The minimum atomic E-state index is -0.964. The van der Waals surface area contributed by atoms with E-state index in [2.05, 4.69) is 55.6 Å². The second-order valence-corrected chi connectivity index (χ2v) is 15.6. The summed E-state index contributed by atoms with van der Waals surface area (Å²) in [7, 11) is 0. The molecule has 0 aromatic heterocycles. The average Bonchev–Trinajstić information content (AvgIpc) is 3.15. The number of carbonyl (C=O) groups is 1. The highest BCUT2D eigenvalue weighted by atomic mass is 16.3. The number of nitrogens with one attached hydrogen (secondary N) is 1. The summed E-state index contributed by atoms with van der Waals surface area (Å²) in [6.07, 6.45) is 55.5. The van der Waals surface area contributed by atoms with Crippen LogP contribution in [0.5, 0.6) is 0 Å². The van der Waals surface area contributed by atoms with Crippen LogP contribution in [0.1, 0.15) is 226 Å². The van der Waals surface area contributed by atoms with E-state index in [0.717, 1.165) is 51.4 Å². The Balaban J connectivity index is 3.75. The van der Waals surface area contributed by atoms with E-state index >= 15 is 0 Å². The number of rotatable bonds is 41. The quantitative estimate of drug-likeness (QED) is 0.0371. The molecule has 0 aliphatic heterocycles. The Labute approximate surface area is 329 Å². The number of unbranched alkanes of at least 4 members (excludes halogenated alkanes) is 26. The van der Waals surface area contributed by atoms with Gasteiger partial charge in [-0.25, -0.2) is 0 Å². The van der Waals surface area contributed by atoms with E-state index in [1.165, 1.54) is 148 Å². The normalized spacial score (nSPS) is 14.0. The van der Waals surface area contributed by atoms with E-state index in [1.807, 2.05) is 6.08 Å². The summed E-state index contributed by atoms with van der Waals surface area (Å²) in [5.41, 5.74) is 0. The zero-order chi connectivity index (χ0) is 38.7. The topological polar surface area (TPSA) is 89.8 Å². The molecule has 5 nitrogen and oxygen atoms in total. The third-order valence-corrected chi connectivity index (χ3v) is 10.3. The predicted molar refractivity (Wildman–Crippen MR) is 231 cm³/mol. The smallest absolute Gasteiger partial charge is 0.222 e. The molecule has 1 amide bonds. The highest BCUT2D eigenvalue weighted by molar-refractivity contribution is 5.76. The molecule has 3 unspecified atom stereocenters. The van der Waals surface area contributed by atoms with Crippen LogP contribution < -0.4 is 5.32 Å². The van der Waals surface area contributed by atoms with E-state index in [0.29, 0.717) is 6.42 Å². The molecule has 310 valence electrons. The minimum absolute atomic E-state index is 0.00897. The maximum Gasteiger partial charge on any atom is 0.222 e. The van der Waals surface area contributed by atoms with Crippen LogP contribution in [0.15, 0.2) is 48.6 Å². The van der Waals surface area contributed by atoms with Gasteiger partial charge >= 0.3 is 0 Å². The van der Waals surface area contributed by atoms with Gasteiger partial charge in [0.15, 0.2) is 0 Å². The molecule has 0 radical (unpaired) electrons. The Bertz CT molecular complexity index is 866. The van der Waals surface area contributed by atoms with Crippen LogP contribution in [0.4, 0.5) is 0 Å². The van der Waals surface area contributed by atoms with Crippen LogP contribution >= 0.6 is 0 Å². The van der Waals surface area contributed by atoms with Crippen molar-refractivity contribution in [3.05, 3.63) is 48.6 Å². The van der Waals surface area contributed by atoms with Gasteiger partial charge in [0.05, 0.1) is 31.3 Å². The van der Waals surface area contributed by atoms with Gasteiger partial charge in [0.25, 0.3) is 0 Å². The molecule has 3 atom stereocenters. The fraction of sp³-hybridized carbons (Fsp3) is 0.812. The lowest BCUT2D eigenvalue weighted by Gasteiger charge is -2.20. The second-order valence-electron chi connectivity index (χ2n) is 15.6. The molecule has 4 N–H and O–H groups in total. The van der Waals surface area contributed by atoms with Crippen molar-refractivity contribution in [3.8, 4) is 0 Å². The van der Waals surface area contributed by atoms with Crippen LogP contribution in [-0.2, 0) is 4.79 Å². The Morgan fingerprint density at radius 1 is 0.472 bits per heavy atom. The van der Waals surface area contributed by atoms with Crippen molar-refractivity contribution < 1.29 is 20.1 Å². The maximum atomic E-state index is 12.4. The van der Waals surface area contributed by atoms with Gasteiger partial charge in [-0.2, -0.15) is 0 Å². The number of aliphatic hydroxyl groups excluding tert-OH is 3. The summed E-state index contributed by atoms with van der Waals surface area (Å²) in [5.74, 6) is -0.338. The zero-order valence-corrected chi connectivity index (χ0v) is 35.1. The summed E-state index contributed by atoms with van der Waals surface area (Å²) < 4.78 is 0. The first-order chi connectivity index (χ1) is 26.0. The van der Waals surface area contributed by atoms with Gasteiger partial charge in [0.2, 0.25) is 5.91 Å². The molecule has 0 aliphatic carbocycles. The van der Waals surface area contributed by atoms with E-state index in [9.17, 15) is 20.1 Å². The van der Waals surface area contributed by atoms with E-state index < -0.39 is 18.2 Å². The van der Waals surface area contributed by atoms with Crippen LogP contribution in [0.3, 0.4) is 0 Å². The van der Waals surface area contributed by atoms with E-state index in [-0.39, 0.29) is 18.9 Å². The molecule has 0 saturated carbocycles. The predicted octanol–water partition coefficient (Wildman–Crippen LogP) is 13.3. The molecule has 0 spiro atoms. The summed E-state index contributed by atoms with van der Waals surface area (Å²) in [6, 6.07) is -0.773. The molecule has 0 fully saturated rings. The molecular weight excluding hydrogens is 655 g/mol. The number of aliphatic hydroxyl groups is 3. The number of hydrogen-bond acceptors (Lipinski definition) is 4. The summed E-state index contributed by atoms with van der Waals surface area (Å²) in [6.45, 7) is 4.20. The SMILES string of the molecule is CCCCCCCCCCC/C=C\CCCCCC(O)CC(=O)NC(CO)C(O)/C=C/CC/C=C/CC/C=C/CCCCCCCCCCCCCC. The van der Waals surface area contributed by atoms with Crippen LogP contribution in [-0.4, -0.2) is 46.1 Å². The van der Waals surface area contributed by atoms with Crippen molar-refractivity contribution >= 4 is 5.91 Å². The third-order valence-electron chi connectivity index (χ3n) is 10.3. The number of allylic oxidation sites excluding steroid dienone is 7. The van der Waals surface area contributed by atoms with Gasteiger partial charge < -0.3 is 20.6 Å². The first kappa shape index (κ1) is 51.3. The molecule has 0 bridgehead atoms. The fourth-order valence-electron chi connectivity index (χ4n) is 6.78. The highest BCUT2D eigenvalue weighted by Crippen LogP contribution is 2.14. The van der Waals surface area contributed by atoms with Crippen molar-refractivity contribution in [3.63, 3.8) is 0 Å². The van der Waals surface area contributed by atoms with Crippen LogP contribution in [0.25, 0.3) is 0 Å². The molecule has 0 heterocycles. The van der Waals surface area contributed by atoms with Gasteiger partial charge in [-0.3, -0.25) is 4.79 Å². The van der Waals surface area contributed by atoms with Crippen molar-refractivity contribution in [1.82, 2.24) is 5.32 Å².